The van der Waals surface area contributed by atoms with Crippen LogP contribution in [0.3, 0.4) is 0 Å². The zero-order valence-electron chi connectivity index (χ0n) is 13.9. The smallest absolute Gasteiger partial charge is 0.240 e. The molecule has 7 heteroatoms. The van der Waals surface area contributed by atoms with E-state index in [2.05, 4.69) is 9.88 Å². The Morgan fingerprint density at radius 2 is 1.76 bits per heavy atom. The monoisotopic (exact) mass is 358 g/mol. The maximum Gasteiger partial charge on any atom is 0.240 e. The molecular weight excluding hydrogens is 340 g/mol. The summed E-state index contributed by atoms with van der Waals surface area (Å²) in [7, 11) is -1.99. The Morgan fingerprint density at radius 1 is 1.08 bits per heavy atom. The van der Waals surface area contributed by atoms with Crippen LogP contribution in [0.4, 0.5) is 0 Å². The van der Waals surface area contributed by atoms with Gasteiger partial charge in [0.25, 0.3) is 0 Å². The van der Waals surface area contributed by atoms with Gasteiger partial charge in [0.15, 0.2) is 5.76 Å². The van der Waals surface area contributed by atoms with Gasteiger partial charge in [-0.05, 0) is 43.3 Å². The SMILES string of the molecule is COc1ccc(-c2cc(CNS(=O)(=O)c3ccc(C)cc3)on2)cc1. The minimum absolute atomic E-state index is 0.0271. The van der Waals surface area contributed by atoms with Crippen molar-refractivity contribution in [2.45, 2.75) is 18.4 Å². The molecule has 25 heavy (non-hydrogen) atoms. The lowest BCUT2D eigenvalue weighted by atomic mass is 10.1. The zero-order valence-corrected chi connectivity index (χ0v) is 14.7. The summed E-state index contributed by atoms with van der Waals surface area (Å²) in [6, 6.07) is 15.7. The number of aromatic nitrogens is 1. The lowest BCUT2D eigenvalue weighted by Crippen LogP contribution is -2.22. The highest BCUT2D eigenvalue weighted by Gasteiger charge is 2.15. The molecule has 0 atom stereocenters. The molecule has 1 heterocycles. The Morgan fingerprint density at radius 3 is 2.40 bits per heavy atom. The summed E-state index contributed by atoms with van der Waals surface area (Å²) in [5, 5.41) is 3.98. The van der Waals surface area contributed by atoms with Crippen LogP contribution in [0.5, 0.6) is 5.75 Å². The molecular formula is C18H18N2O4S. The zero-order chi connectivity index (χ0) is 17.9. The summed E-state index contributed by atoms with van der Waals surface area (Å²) < 4.78 is 37.4. The van der Waals surface area contributed by atoms with Gasteiger partial charge in [-0.1, -0.05) is 22.9 Å². The number of aryl methyl sites for hydroxylation is 1. The molecule has 0 saturated carbocycles. The van der Waals surface area contributed by atoms with Gasteiger partial charge in [-0.3, -0.25) is 0 Å². The third-order valence-corrected chi connectivity index (χ3v) is 5.13. The predicted octanol–water partition coefficient (Wildman–Crippen LogP) is 3.14. The lowest BCUT2D eigenvalue weighted by molar-refractivity contribution is 0.382. The Balaban J connectivity index is 1.69. The molecule has 0 aliphatic carbocycles. The van der Waals surface area contributed by atoms with Crippen LogP contribution in [0.1, 0.15) is 11.3 Å². The quantitative estimate of drug-likeness (QED) is 0.732. The van der Waals surface area contributed by atoms with Gasteiger partial charge in [-0.2, -0.15) is 0 Å². The molecule has 0 amide bonds. The van der Waals surface area contributed by atoms with Crippen molar-refractivity contribution in [1.82, 2.24) is 9.88 Å². The number of rotatable bonds is 6. The molecule has 1 aromatic heterocycles. The molecule has 0 aliphatic rings. The first-order valence-electron chi connectivity index (χ1n) is 7.64. The van der Waals surface area contributed by atoms with Crippen LogP contribution in [0.15, 0.2) is 64.0 Å². The Kier molecular flexibility index (Phi) is 4.87. The number of sulfonamides is 1. The summed E-state index contributed by atoms with van der Waals surface area (Å²) in [5.41, 5.74) is 2.49. The van der Waals surface area contributed by atoms with Crippen molar-refractivity contribution >= 4 is 10.0 Å². The van der Waals surface area contributed by atoms with Crippen molar-refractivity contribution < 1.29 is 17.7 Å². The second kappa shape index (κ2) is 7.08. The average Bonchev–Trinajstić information content (AvgIpc) is 3.10. The number of nitrogens with zero attached hydrogens (tertiary/aromatic N) is 1. The van der Waals surface area contributed by atoms with Crippen molar-refractivity contribution in [3.8, 4) is 17.0 Å². The second-order valence-corrected chi connectivity index (χ2v) is 7.31. The van der Waals surface area contributed by atoms with E-state index >= 15 is 0 Å². The van der Waals surface area contributed by atoms with Gasteiger partial charge in [0.1, 0.15) is 11.4 Å². The van der Waals surface area contributed by atoms with E-state index in [1.165, 1.54) is 0 Å². The molecule has 0 aliphatic heterocycles. The number of nitrogens with one attached hydrogen (secondary N) is 1. The van der Waals surface area contributed by atoms with E-state index in [0.29, 0.717) is 11.5 Å². The third kappa shape index (κ3) is 4.07. The van der Waals surface area contributed by atoms with Gasteiger partial charge < -0.3 is 9.26 Å². The molecule has 3 aromatic rings. The highest BCUT2D eigenvalue weighted by molar-refractivity contribution is 7.89. The van der Waals surface area contributed by atoms with Gasteiger partial charge >= 0.3 is 0 Å². The summed E-state index contributed by atoms with van der Waals surface area (Å²) >= 11 is 0. The first-order valence-corrected chi connectivity index (χ1v) is 9.12. The Hall–Kier alpha value is -2.64. The summed E-state index contributed by atoms with van der Waals surface area (Å²) in [4.78, 5) is 0.216. The van der Waals surface area contributed by atoms with E-state index in [1.807, 2.05) is 31.2 Å². The number of benzene rings is 2. The number of hydrogen-bond acceptors (Lipinski definition) is 5. The molecule has 0 spiro atoms. The molecule has 0 unspecified atom stereocenters. The van der Waals surface area contributed by atoms with Crippen molar-refractivity contribution in [2.75, 3.05) is 7.11 Å². The Bertz CT molecular complexity index is 946. The van der Waals surface area contributed by atoms with Crippen molar-refractivity contribution in [1.29, 1.82) is 0 Å². The van der Waals surface area contributed by atoms with Crippen molar-refractivity contribution in [2.24, 2.45) is 0 Å². The molecule has 0 bridgehead atoms. The third-order valence-electron chi connectivity index (χ3n) is 3.71. The van der Waals surface area contributed by atoms with Crippen LogP contribution in [-0.4, -0.2) is 20.7 Å². The lowest BCUT2D eigenvalue weighted by Gasteiger charge is -2.05. The topological polar surface area (TPSA) is 81.4 Å². The van der Waals surface area contributed by atoms with Crippen LogP contribution in [-0.2, 0) is 16.6 Å². The fourth-order valence-corrected chi connectivity index (χ4v) is 3.25. The molecule has 1 N–H and O–H groups in total. The van der Waals surface area contributed by atoms with Gasteiger partial charge in [0.05, 0.1) is 18.6 Å². The van der Waals surface area contributed by atoms with Crippen LogP contribution in [0.25, 0.3) is 11.3 Å². The van der Waals surface area contributed by atoms with Crippen molar-refractivity contribution in [3.63, 3.8) is 0 Å². The molecule has 6 nitrogen and oxygen atoms in total. The van der Waals surface area contributed by atoms with E-state index in [-0.39, 0.29) is 11.4 Å². The van der Waals surface area contributed by atoms with Crippen molar-refractivity contribution in [3.05, 3.63) is 65.9 Å². The van der Waals surface area contributed by atoms with Crippen LogP contribution in [0, 0.1) is 6.92 Å². The number of methoxy groups -OCH3 is 1. The summed E-state index contributed by atoms with van der Waals surface area (Å²) in [6.45, 7) is 1.93. The maximum atomic E-state index is 12.3. The van der Waals surface area contributed by atoms with Crippen LogP contribution in [0.2, 0.25) is 0 Å². The summed E-state index contributed by atoms with van der Waals surface area (Å²) in [5.74, 6) is 1.18. The summed E-state index contributed by atoms with van der Waals surface area (Å²) in [6.07, 6.45) is 0. The highest BCUT2D eigenvalue weighted by atomic mass is 32.2. The largest absolute Gasteiger partial charge is 0.497 e. The fraction of sp³-hybridized carbons (Fsp3) is 0.167. The highest BCUT2D eigenvalue weighted by Crippen LogP contribution is 2.22. The maximum absolute atomic E-state index is 12.3. The molecule has 0 fully saturated rings. The van der Waals surface area contributed by atoms with Gasteiger partial charge in [0, 0.05) is 11.6 Å². The normalized spacial score (nSPS) is 11.4. The van der Waals surface area contributed by atoms with E-state index in [1.54, 1.807) is 37.4 Å². The molecule has 0 saturated heterocycles. The fourth-order valence-electron chi connectivity index (χ4n) is 2.26. The molecule has 3 rings (SSSR count). The van der Waals surface area contributed by atoms with E-state index < -0.39 is 10.0 Å². The number of ether oxygens (including phenoxy) is 1. The molecule has 130 valence electrons. The minimum Gasteiger partial charge on any atom is -0.497 e. The van der Waals surface area contributed by atoms with E-state index in [0.717, 1.165) is 16.9 Å². The second-order valence-electron chi connectivity index (χ2n) is 5.54. The Labute approximate surface area is 146 Å². The first-order chi connectivity index (χ1) is 12.0. The number of hydrogen-bond donors (Lipinski definition) is 1. The molecule has 0 radical (unpaired) electrons. The van der Waals surface area contributed by atoms with E-state index in [9.17, 15) is 8.42 Å². The van der Waals surface area contributed by atoms with Crippen LogP contribution >= 0.6 is 0 Å². The molecule has 2 aromatic carbocycles. The standard InChI is InChI=1S/C18H18N2O4S/c1-13-3-9-17(10-4-13)25(21,22)19-12-16-11-18(20-24-16)14-5-7-15(23-2)8-6-14/h3-11,19H,12H2,1-2H3. The average molecular weight is 358 g/mol. The van der Waals surface area contributed by atoms with E-state index in [4.69, 9.17) is 9.26 Å². The van der Waals surface area contributed by atoms with Crippen LogP contribution < -0.4 is 9.46 Å². The van der Waals surface area contributed by atoms with Gasteiger partial charge in [-0.15, -0.1) is 0 Å². The van der Waals surface area contributed by atoms with Gasteiger partial charge in [-0.25, -0.2) is 13.1 Å². The van der Waals surface area contributed by atoms with Gasteiger partial charge in [0.2, 0.25) is 10.0 Å². The minimum atomic E-state index is -3.59. The first kappa shape index (κ1) is 17.2. The predicted molar refractivity (Wildman–Crippen MR) is 93.7 cm³/mol.